The van der Waals surface area contributed by atoms with Crippen LogP contribution in [0.2, 0.25) is 0 Å². The smallest absolute Gasteiger partial charge is 0.330 e. The van der Waals surface area contributed by atoms with Crippen LogP contribution in [0.1, 0.15) is 12.7 Å². The van der Waals surface area contributed by atoms with Gasteiger partial charge in [-0.05, 0) is 25.1 Å². The molecule has 0 bridgehead atoms. The third-order valence-electron chi connectivity index (χ3n) is 2.42. The summed E-state index contributed by atoms with van der Waals surface area (Å²) in [4.78, 5) is 11.2. The highest BCUT2D eigenvalue weighted by molar-refractivity contribution is 5.89. The Morgan fingerprint density at radius 2 is 2.28 bits per heavy atom. The van der Waals surface area contributed by atoms with E-state index in [4.69, 9.17) is 13.9 Å². The van der Waals surface area contributed by atoms with Gasteiger partial charge in [-0.1, -0.05) is 12.1 Å². The van der Waals surface area contributed by atoms with Gasteiger partial charge < -0.3 is 13.9 Å². The highest BCUT2D eigenvalue weighted by Gasteiger charge is 2.06. The van der Waals surface area contributed by atoms with Crippen LogP contribution in [-0.4, -0.2) is 19.7 Å². The molecule has 2 aromatic rings. The van der Waals surface area contributed by atoms with Crippen LogP contribution < -0.4 is 4.74 Å². The maximum Gasteiger partial charge on any atom is 0.330 e. The molecule has 0 aliphatic rings. The van der Waals surface area contributed by atoms with E-state index >= 15 is 0 Å². The van der Waals surface area contributed by atoms with Gasteiger partial charge in [0.1, 0.15) is 5.76 Å². The number of fused-ring (bicyclic) bond motifs is 1. The van der Waals surface area contributed by atoms with Crippen molar-refractivity contribution in [3.05, 3.63) is 36.1 Å². The number of benzene rings is 1. The average Bonchev–Trinajstić information content (AvgIpc) is 2.79. The molecular weight excluding hydrogens is 232 g/mol. The summed E-state index contributed by atoms with van der Waals surface area (Å²) in [5, 5.41) is 0.929. The van der Waals surface area contributed by atoms with Crippen molar-refractivity contribution in [1.29, 1.82) is 0 Å². The summed E-state index contributed by atoms with van der Waals surface area (Å²) in [6, 6.07) is 7.47. The van der Waals surface area contributed by atoms with Crippen LogP contribution in [-0.2, 0) is 9.53 Å². The largest absolute Gasteiger partial charge is 0.493 e. The fourth-order valence-electron chi connectivity index (χ4n) is 1.64. The monoisotopic (exact) mass is 246 g/mol. The van der Waals surface area contributed by atoms with Crippen LogP contribution in [0.5, 0.6) is 5.75 Å². The second-order valence-electron chi connectivity index (χ2n) is 3.61. The Hall–Kier alpha value is -2.23. The van der Waals surface area contributed by atoms with Gasteiger partial charge in [-0.25, -0.2) is 4.79 Å². The number of esters is 1. The minimum atomic E-state index is -0.384. The average molecular weight is 246 g/mol. The third kappa shape index (κ3) is 2.53. The number of para-hydroxylation sites is 1. The van der Waals surface area contributed by atoms with Gasteiger partial charge >= 0.3 is 5.97 Å². The maximum atomic E-state index is 11.2. The van der Waals surface area contributed by atoms with Crippen molar-refractivity contribution in [2.45, 2.75) is 6.92 Å². The summed E-state index contributed by atoms with van der Waals surface area (Å²) < 4.78 is 15.6. The Morgan fingerprint density at radius 3 is 3.00 bits per heavy atom. The number of hydrogen-bond acceptors (Lipinski definition) is 4. The number of hydrogen-bond donors (Lipinski definition) is 0. The summed E-state index contributed by atoms with van der Waals surface area (Å²) in [7, 11) is 1.59. The van der Waals surface area contributed by atoms with Crippen LogP contribution >= 0.6 is 0 Å². The number of furan rings is 1. The van der Waals surface area contributed by atoms with Gasteiger partial charge in [0.2, 0.25) is 0 Å². The van der Waals surface area contributed by atoms with Crippen molar-refractivity contribution in [1.82, 2.24) is 0 Å². The molecule has 0 fully saturated rings. The van der Waals surface area contributed by atoms with Crippen molar-refractivity contribution in [3.8, 4) is 5.75 Å². The molecule has 0 radical (unpaired) electrons. The molecule has 0 atom stereocenters. The van der Waals surface area contributed by atoms with E-state index in [0.29, 0.717) is 23.7 Å². The number of rotatable bonds is 4. The van der Waals surface area contributed by atoms with Crippen molar-refractivity contribution in [2.75, 3.05) is 13.7 Å². The second-order valence-corrected chi connectivity index (χ2v) is 3.61. The Kier molecular flexibility index (Phi) is 3.67. The minimum Gasteiger partial charge on any atom is -0.493 e. The Balaban J connectivity index is 2.28. The standard InChI is InChI=1S/C14H14O4/c1-3-17-13(15)8-7-11-9-10-5-4-6-12(16-2)14(10)18-11/h4-9H,3H2,1-2H3. The van der Waals surface area contributed by atoms with Crippen molar-refractivity contribution < 1.29 is 18.7 Å². The van der Waals surface area contributed by atoms with Crippen LogP contribution in [0.4, 0.5) is 0 Å². The van der Waals surface area contributed by atoms with Crippen LogP contribution in [0, 0.1) is 0 Å². The topological polar surface area (TPSA) is 48.7 Å². The first-order valence-corrected chi connectivity index (χ1v) is 5.66. The van der Waals surface area contributed by atoms with Crippen LogP contribution in [0.3, 0.4) is 0 Å². The summed E-state index contributed by atoms with van der Waals surface area (Å²) in [6.07, 6.45) is 2.92. The molecule has 1 aromatic carbocycles. The lowest BCUT2D eigenvalue weighted by atomic mass is 10.2. The summed E-state index contributed by atoms with van der Waals surface area (Å²) in [5.41, 5.74) is 0.670. The summed E-state index contributed by atoms with van der Waals surface area (Å²) in [6.45, 7) is 2.12. The SMILES string of the molecule is CCOC(=O)C=Cc1cc2cccc(OC)c2o1. The molecular formula is C14H14O4. The molecule has 4 heteroatoms. The molecule has 4 nitrogen and oxygen atoms in total. The molecule has 18 heavy (non-hydrogen) atoms. The Bertz CT molecular complexity index is 580. The van der Waals surface area contributed by atoms with E-state index < -0.39 is 0 Å². The fraction of sp³-hybridized carbons (Fsp3) is 0.214. The lowest BCUT2D eigenvalue weighted by molar-refractivity contribution is -0.137. The van der Waals surface area contributed by atoms with Crippen LogP contribution in [0.15, 0.2) is 34.8 Å². The number of carbonyl (C=O) groups excluding carboxylic acids is 1. The van der Waals surface area contributed by atoms with Crippen molar-refractivity contribution in [2.24, 2.45) is 0 Å². The molecule has 1 heterocycles. The van der Waals surface area contributed by atoms with Gasteiger partial charge in [-0.3, -0.25) is 0 Å². The highest BCUT2D eigenvalue weighted by atomic mass is 16.5. The highest BCUT2D eigenvalue weighted by Crippen LogP contribution is 2.28. The Morgan fingerprint density at radius 1 is 1.44 bits per heavy atom. The quantitative estimate of drug-likeness (QED) is 0.614. The predicted octanol–water partition coefficient (Wildman–Crippen LogP) is 3.02. The first-order valence-electron chi connectivity index (χ1n) is 5.66. The van der Waals surface area contributed by atoms with E-state index in [-0.39, 0.29) is 5.97 Å². The van der Waals surface area contributed by atoms with E-state index in [9.17, 15) is 4.79 Å². The molecule has 1 aromatic heterocycles. The minimum absolute atomic E-state index is 0.358. The lowest BCUT2D eigenvalue weighted by Gasteiger charge is -1.98. The summed E-state index contributed by atoms with van der Waals surface area (Å²) >= 11 is 0. The molecule has 0 aliphatic carbocycles. The van der Waals surface area contributed by atoms with E-state index in [1.165, 1.54) is 6.08 Å². The third-order valence-corrected chi connectivity index (χ3v) is 2.42. The van der Waals surface area contributed by atoms with Crippen molar-refractivity contribution in [3.63, 3.8) is 0 Å². The molecule has 0 N–H and O–H groups in total. The fourth-order valence-corrected chi connectivity index (χ4v) is 1.64. The van der Waals surface area contributed by atoms with E-state index in [0.717, 1.165) is 5.39 Å². The molecule has 0 unspecified atom stereocenters. The summed E-state index contributed by atoms with van der Waals surface area (Å²) in [5.74, 6) is 0.871. The molecule has 2 rings (SSSR count). The Labute approximate surface area is 105 Å². The first kappa shape index (κ1) is 12.2. The van der Waals surface area contributed by atoms with E-state index in [1.807, 2.05) is 24.3 Å². The molecule has 0 spiro atoms. The number of carbonyl (C=O) groups is 1. The zero-order chi connectivity index (χ0) is 13.0. The zero-order valence-corrected chi connectivity index (χ0v) is 10.3. The van der Waals surface area contributed by atoms with Gasteiger partial charge in [-0.2, -0.15) is 0 Å². The van der Waals surface area contributed by atoms with E-state index in [2.05, 4.69) is 0 Å². The normalized spacial score (nSPS) is 11.0. The second kappa shape index (κ2) is 5.40. The molecule has 0 aliphatic heterocycles. The number of methoxy groups -OCH3 is 1. The van der Waals surface area contributed by atoms with Gasteiger partial charge in [0.25, 0.3) is 0 Å². The molecule has 0 amide bonds. The van der Waals surface area contributed by atoms with Gasteiger partial charge in [0.15, 0.2) is 11.3 Å². The molecule has 94 valence electrons. The molecule has 0 saturated carbocycles. The zero-order valence-electron chi connectivity index (χ0n) is 10.3. The maximum absolute atomic E-state index is 11.2. The van der Waals surface area contributed by atoms with Gasteiger partial charge in [0.05, 0.1) is 13.7 Å². The number of ether oxygens (including phenoxy) is 2. The van der Waals surface area contributed by atoms with Crippen LogP contribution in [0.25, 0.3) is 17.0 Å². The first-order chi connectivity index (χ1) is 8.74. The van der Waals surface area contributed by atoms with Gasteiger partial charge in [-0.15, -0.1) is 0 Å². The predicted molar refractivity (Wildman–Crippen MR) is 68.4 cm³/mol. The van der Waals surface area contributed by atoms with Crippen molar-refractivity contribution >= 4 is 23.0 Å². The van der Waals surface area contributed by atoms with Gasteiger partial charge in [0, 0.05) is 11.5 Å². The lowest BCUT2D eigenvalue weighted by Crippen LogP contribution is -1.98. The molecule has 0 saturated heterocycles. The van der Waals surface area contributed by atoms with E-state index in [1.54, 1.807) is 20.1 Å².